The van der Waals surface area contributed by atoms with Crippen molar-refractivity contribution in [2.75, 3.05) is 20.2 Å². The molecule has 0 heterocycles. The highest BCUT2D eigenvalue weighted by molar-refractivity contribution is 5.26. The van der Waals surface area contributed by atoms with Crippen LogP contribution in [0.15, 0.2) is 24.3 Å². The Morgan fingerprint density at radius 2 is 2.00 bits per heavy atom. The molecule has 13 heavy (non-hydrogen) atoms. The zero-order valence-electron chi connectivity index (χ0n) is 7.92. The van der Waals surface area contributed by atoms with Gasteiger partial charge in [-0.1, -0.05) is 12.1 Å². The lowest BCUT2D eigenvalue weighted by Crippen LogP contribution is -2.21. The zero-order chi connectivity index (χ0) is 9.52. The van der Waals surface area contributed by atoms with Gasteiger partial charge in [0.15, 0.2) is 0 Å². The van der Waals surface area contributed by atoms with Crippen LogP contribution in [0, 0.1) is 0 Å². The third kappa shape index (κ3) is 3.44. The van der Waals surface area contributed by atoms with Gasteiger partial charge in [0.25, 0.3) is 0 Å². The van der Waals surface area contributed by atoms with E-state index in [9.17, 15) is 0 Å². The van der Waals surface area contributed by atoms with E-state index in [-0.39, 0.29) is 0 Å². The highest BCUT2D eigenvalue weighted by Crippen LogP contribution is 2.10. The van der Waals surface area contributed by atoms with Crippen LogP contribution in [0.4, 0.5) is 0 Å². The summed E-state index contributed by atoms with van der Waals surface area (Å²) in [5, 5.41) is 3.22. The molecule has 0 bridgehead atoms. The van der Waals surface area contributed by atoms with Gasteiger partial charge in [0.2, 0.25) is 0 Å². The van der Waals surface area contributed by atoms with Crippen molar-refractivity contribution in [3.63, 3.8) is 0 Å². The molecule has 0 fully saturated rings. The van der Waals surface area contributed by atoms with Crippen molar-refractivity contribution >= 4 is 0 Å². The molecule has 1 aromatic carbocycles. The van der Waals surface area contributed by atoms with E-state index in [1.807, 2.05) is 24.3 Å². The van der Waals surface area contributed by atoms with Crippen LogP contribution in [0.2, 0.25) is 0 Å². The molecule has 0 unspecified atom stereocenters. The molecule has 0 aliphatic carbocycles. The Bertz CT molecular complexity index is 233. The van der Waals surface area contributed by atoms with Crippen LogP contribution >= 0.6 is 0 Å². The lowest BCUT2D eigenvalue weighted by atomic mass is 10.2. The molecule has 0 atom stereocenters. The van der Waals surface area contributed by atoms with Crippen molar-refractivity contribution in [1.29, 1.82) is 0 Å². The first-order valence-corrected chi connectivity index (χ1v) is 4.40. The fourth-order valence-corrected chi connectivity index (χ4v) is 1.08. The van der Waals surface area contributed by atoms with E-state index in [2.05, 4.69) is 5.32 Å². The molecule has 0 aliphatic rings. The Hall–Kier alpha value is -1.06. The summed E-state index contributed by atoms with van der Waals surface area (Å²) in [6, 6.07) is 8.00. The van der Waals surface area contributed by atoms with E-state index in [0.717, 1.165) is 18.8 Å². The van der Waals surface area contributed by atoms with Gasteiger partial charge in [-0.2, -0.15) is 0 Å². The highest BCUT2D eigenvalue weighted by Gasteiger charge is 1.92. The Balaban J connectivity index is 2.40. The van der Waals surface area contributed by atoms with Gasteiger partial charge in [0.05, 0.1) is 7.11 Å². The Morgan fingerprint density at radius 1 is 1.31 bits per heavy atom. The number of nitrogens with two attached hydrogens (primary N) is 1. The summed E-state index contributed by atoms with van der Waals surface area (Å²) in [7, 11) is 1.67. The number of methoxy groups -OCH3 is 1. The molecule has 0 saturated heterocycles. The van der Waals surface area contributed by atoms with Crippen molar-refractivity contribution in [2.24, 2.45) is 5.73 Å². The van der Waals surface area contributed by atoms with Gasteiger partial charge >= 0.3 is 0 Å². The van der Waals surface area contributed by atoms with Crippen LogP contribution in [-0.2, 0) is 6.54 Å². The monoisotopic (exact) mass is 180 g/mol. The fourth-order valence-electron chi connectivity index (χ4n) is 1.08. The first kappa shape index (κ1) is 10.0. The topological polar surface area (TPSA) is 47.3 Å². The predicted octanol–water partition coefficient (Wildman–Crippen LogP) is 0.744. The summed E-state index contributed by atoms with van der Waals surface area (Å²) in [5.41, 5.74) is 6.60. The van der Waals surface area contributed by atoms with Crippen molar-refractivity contribution in [3.8, 4) is 5.75 Å². The third-order valence-electron chi connectivity index (χ3n) is 1.81. The lowest BCUT2D eigenvalue weighted by Gasteiger charge is -2.04. The third-order valence-corrected chi connectivity index (χ3v) is 1.81. The van der Waals surface area contributed by atoms with E-state index in [0.29, 0.717) is 6.54 Å². The minimum atomic E-state index is 0.677. The molecule has 0 aliphatic heterocycles. The summed E-state index contributed by atoms with van der Waals surface area (Å²) in [6.45, 7) is 2.39. The van der Waals surface area contributed by atoms with Crippen LogP contribution < -0.4 is 15.8 Å². The van der Waals surface area contributed by atoms with Crippen LogP contribution in [0.3, 0.4) is 0 Å². The molecular formula is C10H16N2O. The van der Waals surface area contributed by atoms with E-state index in [4.69, 9.17) is 10.5 Å². The van der Waals surface area contributed by atoms with E-state index >= 15 is 0 Å². The molecular weight excluding hydrogens is 164 g/mol. The van der Waals surface area contributed by atoms with E-state index < -0.39 is 0 Å². The molecule has 3 N–H and O–H groups in total. The predicted molar refractivity (Wildman–Crippen MR) is 53.8 cm³/mol. The summed E-state index contributed by atoms with van der Waals surface area (Å²) in [4.78, 5) is 0. The van der Waals surface area contributed by atoms with Crippen LogP contribution in [-0.4, -0.2) is 20.2 Å². The van der Waals surface area contributed by atoms with Crippen molar-refractivity contribution in [2.45, 2.75) is 6.54 Å². The van der Waals surface area contributed by atoms with Gasteiger partial charge in [-0.3, -0.25) is 0 Å². The first-order valence-electron chi connectivity index (χ1n) is 4.40. The van der Waals surface area contributed by atoms with Gasteiger partial charge in [-0.25, -0.2) is 0 Å². The second-order valence-electron chi connectivity index (χ2n) is 2.81. The lowest BCUT2D eigenvalue weighted by molar-refractivity contribution is 0.414. The Labute approximate surface area is 78.9 Å². The molecule has 3 heteroatoms. The smallest absolute Gasteiger partial charge is 0.118 e. The van der Waals surface area contributed by atoms with Crippen LogP contribution in [0.5, 0.6) is 5.75 Å². The molecule has 0 aromatic heterocycles. The number of nitrogens with one attached hydrogen (secondary N) is 1. The SMILES string of the molecule is COc1ccc(CNCCN)cc1. The van der Waals surface area contributed by atoms with Crippen LogP contribution in [0.1, 0.15) is 5.56 Å². The second kappa shape index (κ2) is 5.56. The summed E-state index contributed by atoms with van der Waals surface area (Å²) >= 11 is 0. The normalized spacial score (nSPS) is 10.0. The van der Waals surface area contributed by atoms with Crippen LogP contribution in [0.25, 0.3) is 0 Å². The Kier molecular flexibility index (Phi) is 4.29. The standard InChI is InChI=1S/C10H16N2O/c1-13-10-4-2-9(3-5-10)8-12-7-6-11/h2-5,12H,6-8,11H2,1H3. The molecule has 1 rings (SSSR count). The zero-order valence-corrected chi connectivity index (χ0v) is 7.92. The van der Waals surface area contributed by atoms with Gasteiger partial charge in [0.1, 0.15) is 5.75 Å². The van der Waals surface area contributed by atoms with Crippen molar-refractivity contribution in [3.05, 3.63) is 29.8 Å². The molecule has 3 nitrogen and oxygen atoms in total. The summed E-state index contributed by atoms with van der Waals surface area (Å²) in [6.07, 6.45) is 0. The summed E-state index contributed by atoms with van der Waals surface area (Å²) < 4.78 is 5.05. The number of hydrogen-bond donors (Lipinski definition) is 2. The number of rotatable bonds is 5. The maximum atomic E-state index is 5.36. The number of ether oxygens (including phenoxy) is 1. The van der Waals surface area contributed by atoms with Gasteiger partial charge in [0, 0.05) is 19.6 Å². The Morgan fingerprint density at radius 3 is 2.54 bits per heavy atom. The van der Waals surface area contributed by atoms with Crippen molar-refractivity contribution in [1.82, 2.24) is 5.32 Å². The molecule has 0 saturated carbocycles. The van der Waals surface area contributed by atoms with Crippen molar-refractivity contribution < 1.29 is 4.74 Å². The van der Waals surface area contributed by atoms with Gasteiger partial charge < -0.3 is 15.8 Å². The molecule has 1 aromatic rings. The van der Waals surface area contributed by atoms with E-state index in [1.54, 1.807) is 7.11 Å². The minimum Gasteiger partial charge on any atom is -0.497 e. The maximum Gasteiger partial charge on any atom is 0.118 e. The molecule has 0 spiro atoms. The summed E-state index contributed by atoms with van der Waals surface area (Å²) in [5.74, 6) is 0.891. The highest BCUT2D eigenvalue weighted by atomic mass is 16.5. The largest absolute Gasteiger partial charge is 0.497 e. The quantitative estimate of drug-likeness (QED) is 0.657. The average Bonchev–Trinajstić information content (AvgIpc) is 2.19. The number of benzene rings is 1. The minimum absolute atomic E-state index is 0.677. The molecule has 0 amide bonds. The number of hydrogen-bond acceptors (Lipinski definition) is 3. The first-order chi connectivity index (χ1) is 6.36. The maximum absolute atomic E-state index is 5.36. The fraction of sp³-hybridized carbons (Fsp3) is 0.400. The molecule has 72 valence electrons. The average molecular weight is 180 g/mol. The second-order valence-corrected chi connectivity index (χ2v) is 2.81. The molecule has 0 radical (unpaired) electrons. The van der Waals surface area contributed by atoms with Gasteiger partial charge in [-0.15, -0.1) is 0 Å². The van der Waals surface area contributed by atoms with E-state index in [1.165, 1.54) is 5.56 Å². The van der Waals surface area contributed by atoms with Gasteiger partial charge in [-0.05, 0) is 17.7 Å².